The number of thiocarbonyl (C=S) groups is 1. The highest BCUT2D eigenvalue weighted by Gasteiger charge is 2.41. The van der Waals surface area contributed by atoms with Crippen molar-refractivity contribution in [3.8, 4) is 11.4 Å². The van der Waals surface area contributed by atoms with E-state index in [2.05, 4.69) is 50.6 Å². The molecule has 0 bridgehead atoms. The normalized spacial score (nSPS) is 21.1. The van der Waals surface area contributed by atoms with Gasteiger partial charge in [-0.05, 0) is 74.1 Å². The van der Waals surface area contributed by atoms with E-state index in [9.17, 15) is 5.11 Å². The van der Waals surface area contributed by atoms with Crippen molar-refractivity contribution in [3.63, 3.8) is 0 Å². The van der Waals surface area contributed by atoms with Gasteiger partial charge in [-0.3, -0.25) is 9.88 Å². The highest BCUT2D eigenvalue weighted by Crippen LogP contribution is 2.41. The van der Waals surface area contributed by atoms with Crippen LogP contribution in [0.25, 0.3) is 5.69 Å². The van der Waals surface area contributed by atoms with E-state index in [1.165, 1.54) is 5.56 Å². The molecule has 0 unspecified atom stereocenters. The van der Waals surface area contributed by atoms with E-state index in [1.54, 1.807) is 12.1 Å². The van der Waals surface area contributed by atoms with Crippen molar-refractivity contribution in [2.75, 3.05) is 39.4 Å². The molecule has 5 rings (SSSR count). The highest BCUT2D eigenvalue weighted by atomic mass is 32.1. The van der Waals surface area contributed by atoms with Crippen LogP contribution in [-0.4, -0.2) is 69.0 Å². The van der Waals surface area contributed by atoms with Crippen molar-refractivity contribution in [2.45, 2.75) is 25.9 Å². The van der Waals surface area contributed by atoms with Gasteiger partial charge in [0.1, 0.15) is 5.75 Å². The number of hydrogen-bond donors (Lipinski definition) is 2. The number of rotatable bonds is 6. The van der Waals surface area contributed by atoms with Crippen molar-refractivity contribution in [3.05, 3.63) is 77.4 Å². The maximum Gasteiger partial charge on any atom is 0.170 e. The molecular weight excluding hydrogens is 446 g/mol. The molecule has 2 aliphatic rings. The Morgan fingerprint density at radius 2 is 1.85 bits per heavy atom. The van der Waals surface area contributed by atoms with Gasteiger partial charge >= 0.3 is 0 Å². The molecule has 3 aromatic rings. The minimum atomic E-state index is -0.0350. The van der Waals surface area contributed by atoms with E-state index in [4.69, 9.17) is 17.0 Å². The lowest BCUT2D eigenvalue weighted by Crippen LogP contribution is -2.42. The van der Waals surface area contributed by atoms with Gasteiger partial charge < -0.3 is 24.6 Å². The number of phenols is 1. The summed E-state index contributed by atoms with van der Waals surface area (Å²) in [5.41, 5.74) is 5.55. The fraction of sp³-hybridized carbons (Fsp3) is 0.385. The summed E-state index contributed by atoms with van der Waals surface area (Å²) in [5, 5.41) is 14.1. The summed E-state index contributed by atoms with van der Waals surface area (Å²) in [4.78, 5) is 9.44. The molecule has 2 atom stereocenters. The second-order valence-electron chi connectivity index (χ2n) is 8.95. The Morgan fingerprint density at radius 1 is 1.09 bits per heavy atom. The van der Waals surface area contributed by atoms with Crippen LogP contribution in [0.4, 0.5) is 0 Å². The molecule has 8 heteroatoms. The first-order valence-corrected chi connectivity index (χ1v) is 12.2. The smallest absolute Gasteiger partial charge is 0.170 e. The fourth-order valence-electron chi connectivity index (χ4n) is 5.14. The Kier molecular flexibility index (Phi) is 6.54. The molecule has 1 aromatic carbocycles. The van der Waals surface area contributed by atoms with Gasteiger partial charge in [-0.25, -0.2) is 0 Å². The third-order valence-electron chi connectivity index (χ3n) is 6.86. The molecule has 2 aliphatic heterocycles. The minimum absolute atomic E-state index is 0.0282. The first-order chi connectivity index (χ1) is 16.5. The Hall–Kier alpha value is -2.94. The van der Waals surface area contributed by atoms with Crippen LogP contribution >= 0.6 is 12.2 Å². The number of morpholine rings is 1. The summed E-state index contributed by atoms with van der Waals surface area (Å²) in [6.45, 7) is 9.54. The van der Waals surface area contributed by atoms with E-state index in [1.807, 2.05) is 30.5 Å². The lowest BCUT2D eigenvalue weighted by Gasteiger charge is -2.32. The van der Waals surface area contributed by atoms with Gasteiger partial charge in [0.2, 0.25) is 0 Å². The molecule has 0 radical (unpaired) electrons. The van der Waals surface area contributed by atoms with E-state index in [0.29, 0.717) is 0 Å². The fourth-order valence-corrected chi connectivity index (χ4v) is 5.48. The molecule has 178 valence electrons. The van der Waals surface area contributed by atoms with Crippen LogP contribution in [0.3, 0.4) is 0 Å². The third kappa shape index (κ3) is 4.41. The Balaban J connectivity index is 1.52. The standard InChI is InChI=1S/C26H31N5O2S/c1-18-17-22(19(2)31(18)20-6-8-21(32)9-7-20)25-24(23-5-3-4-10-27-23)28-26(34)30(25)12-11-29-13-15-33-16-14-29/h3-10,17,24-25,32H,11-16H2,1-2H3,(H,28,34)/t24-,25+/m0/s1. The average Bonchev–Trinajstić information content (AvgIpc) is 3.34. The van der Waals surface area contributed by atoms with E-state index in [-0.39, 0.29) is 17.8 Å². The number of pyridine rings is 1. The molecule has 2 aromatic heterocycles. The molecule has 0 spiro atoms. The summed E-state index contributed by atoms with van der Waals surface area (Å²) in [6, 6.07) is 15.6. The molecule has 4 heterocycles. The molecule has 7 nitrogen and oxygen atoms in total. The van der Waals surface area contributed by atoms with Gasteiger partial charge in [0.15, 0.2) is 5.11 Å². The number of nitrogens with one attached hydrogen (secondary N) is 1. The molecular formula is C26H31N5O2S. The van der Waals surface area contributed by atoms with Crippen molar-refractivity contribution in [1.29, 1.82) is 0 Å². The van der Waals surface area contributed by atoms with Crippen molar-refractivity contribution >= 4 is 17.3 Å². The maximum absolute atomic E-state index is 9.75. The number of phenolic OH excluding ortho intramolecular Hbond substituents is 1. The molecule has 0 amide bonds. The number of ether oxygens (including phenoxy) is 1. The first-order valence-electron chi connectivity index (χ1n) is 11.8. The Bertz CT molecular complexity index is 1140. The van der Waals surface area contributed by atoms with Gasteiger partial charge in [-0.1, -0.05) is 6.07 Å². The van der Waals surface area contributed by atoms with Gasteiger partial charge in [-0.15, -0.1) is 0 Å². The van der Waals surface area contributed by atoms with Gasteiger partial charge in [0.25, 0.3) is 0 Å². The van der Waals surface area contributed by atoms with Gasteiger partial charge in [-0.2, -0.15) is 0 Å². The number of aromatic nitrogens is 2. The van der Waals surface area contributed by atoms with Gasteiger partial charge in [0, 0.05) is 49.5 Å². The number of hydrogen-bond acceptors (Lipinski definition) is 5. The Labute approximate surface area is 206 Å². The summed E-state index contributed by atoms with van der Waals surface area (Å²) >= 11 is 5.86. The predicted molar refractivity (Wildman–Crippen MR) is 136 cm³/mol. The summed E-state index contributed by atoms with van der Waals surface area (Å²) in [7, 11) is 0. The number of aryl methyl sites for hydroxylation is 1. The topological polar surface area (TPSA) is 65.8 Å². The van der Waals surface area contributed by atoms with Gasteiger partial charge in [0.05, 0.1) is 31.0 Å². The van der Waals surface area contributed by atoms with Crippen LogP contribution in [0.1, 0.15) is 34.7 Å². The highest BCUT2D eigenvalue weighted by molar-refractivity contribution is 7.80. The maximum atomic E-state index is 9.75. The second-order valence-corrected chi connectivity index (χ2v) is 9.34. The number of nitrogens with zero attached hydrogens (tertiary/aromatic N) is 4. The van der Waals surface area contributed by atoms with Crippen molar-refractivity contribution < 1.29 is 9.84 Å². The van der Waals surface area contributed by atoms with Crippen LogP contribution in [0.15, 0.2) is 54.7 Å². The molecule has 34 heavy (non-hydrogen) atoms. The van der Waals surface area contributed by atoms with Crippen molar-refractivity contribution in [1.82, 2.24) is 24.7 Å². The van der Waals surface area contributed by atoms with Crippen LogP contribution in [0, 0.1) is 13.8 Å². The second kappa shape index (κ2) is 9.74. The Morgan fingerprint density at radius 3 is 2.56 bits per heavy atom. The summed E-state index contributed by atoms with van der Waals surface area (Å²) in [5.74, 6) is 0.265. The van der Waals surface area contributed by atoms with Crippen LogP contribution in [0.2, 0.25) is 0 Å². The van der Waals surface area contributed by atoms with E-state index < -0.39 is 0 Å². The van der Waals surface area contributed by atoms with E-state index >= 15 is 0 Å². The van der Waals surface area contributed by atoms with Crippen LogP contribution in [-0.2, 0) is 4.74 Å². The zero-order valence-corrected chi connectivity index (χ0v) is 20.5. The first kappa shape index (κ1) is 22.8. The lowest BCUT2D eigenvalue weighted by atomic mass is 9.96. The number of benzene rings is 1. The summed E-state index contributed by atoms with van der Waals surface area (Å²) in [6.07, 6.45) is 1.84. The van der Waals surface area contributed by atoms with Crippen LogP contribution in [0.5, 0.6) is 5.75 Å². The quantitative estimate of drug-likeness (QED) is 0.527. The zero-order chi connectivity index (χ0) is 23.7. The molecule has 2 N–H and O–H groups in total. The largest absolute Gasteiger partial charge is 0.508 e. The van der Waals surface area contributed by atoms with Crippen LogP contribution < -0.4 is 5.32 Å². The molecule has 2 saturated heterocycles. The SMILES string of the molecule is Cc1cc([C@@H]2[C@H](c3ccccn3)NC(=S)N2CCN2CCOCC2)c(C)n1-c1ccc(O)cc1. The number of aromatic hydroxyl groups is 1. The minimum Gasteiger partial charge on any atom is -0.508 e. The zero-order valence-electron chi connectivity index (χ0n) is 19.6. The third-order valence-corrected chi connectivity index (χ3v) is 7.21. The molecule has 0 aliphatic carbocycles. The molecule has 0 saturated carbocycles. The lowest BCUT2D eigenvalue weighted by molar-refractivity contribution is 0.0350. The molecule has 2 fully saturated rings. The summed E-state index contributed by atoms with van der Waals surface area (Å²) < 4.78 is 7.76. The average molecular weight is 478 g/mol. The monoisotopic (exact) mass is 477 g/mol. The predicted octanol–water partition coefficient (Wildman–Crippen LogP) is 3.50. The van der Waals surface area contributed by atoms with E-state index in [0.717, 1.165) is 67.3 Å². The van der Waals surface area contributed by atoms with Crippen molar-refractivity contribution in [2.24, 2.45) is 0 Å².